The Bertz CT molecular complexity index is 689. The molecule has 0 fully saturated rings. The van der Waals surface area contributed by atoms with Crippen molar-refractivity contribution < 1.29 is 19.6 Å². The second kappa shape index (κ2) is 5.54. The van der Waals surface area contributed by atoms with Crippen LogP contribution in [0.15, 0.2) is 36.5 Å². The van der Waals surface area contributed by atoms with Crippen molar-refractivity contribution in [2.75, 3.05) is 0 Å². The number of benzene rings is 1. The van der Waals surface area contributed by atoms with E-state index in [-0.39, 0.29) is 27.9 Å². The van der Waals surface area contributed by atoms with Gasteiger partial charge in [0.15, 0.2) is 5.69 Å². The van der Waals surface area contributed by atoms with Gasteiger partial charge in [0.1, 0.15) is 11.5 Å². The van der Waals surface area contributed by atoms with Gasteiger partial charge in [0.2, 0.25) is 0 Å². The number of ether oxygens (including phenoxy) is 1. The van der Waals surface area contributed by atoms with Crippen molar-refractivity contribution >= 4 is 23.3 Å². The summed E-state index contributed by atoms with van der Waals surface area (Å²) in [5, 5.41) is 19.4. The summed E-state index contributed by atoms with van der Waals surface area (Å²) in [5.41, 5.74) is -0.344. The number of nitro benzene ring substituents is 1. The Labute approximate surface area is 117 Å². The predicted octanol–water partition coefficient (Wildman–Crippen LogP) is 3.13. The summed E-state index contributed by atoms with van der Waals surface area (Å²) < 4.78 is 5.38. The standard InChI is InChI=1S/C12H7ClN2O5/c13-9-5-7(15(18)19)1-2-11(9)20-8-3-4-14-10(6-8)12(16)17/h1-6H,(H,16,17). The first-order valence-corrected chi connectivity index (χ1v) is 5.66. The number of aromatic carboxylic acids is 1. The van der Waals surface area contributed by atoms with Gasteiger partial charge in [0, 0.05) is 24.4 Å². The molecule has 0 saturated heterocycles. The highest BCUT2D eigenvalue weighted by Crippen LogP contribution is 2.32. The first-order valence-electron chi connectivity index (χ1n) is 5.28. The zero-order chi connectivity index (χ0) is 14.7. The van der Waals surface area contributed by atoms with Crippen LogP contribution in [0.2, 0.25) is 5.02 Å². The fourth-order valence-corrected chi connectivity index (χ4v) is 1.62. The third-order valence-electron chi connectivity index (χ3n) is 2.30. The molecule has 8 heteroatoms. The minimum absolute atomic E-state index is 0.0490. The second-order valence-corrected chi connectivity index (χ2v) is 4.06. The average molecular weight is 295 g/mol. The maximum absolute atomic E-state index is 10.8. The molecule has 102 valence electrons. The summed E-state index contributed by atoms with van der Waals surface area (Å²) in [4.78, 5) is 24.4. The van der Waals surface area contributed by atoms with E-state index in [0.29, 0.717) is 0 Å². The molecule has 2 aromatic rings. The first kappa shape index (κ1) is 13.8. The van der Waals surface area contributed by atoms with Gasteiger partial charge in [-0.1, -0.05) is 11.6 Å². The number of hydrogen-bond acceptors (Lipinski definition) is 5. The molecule has 1 heterocycles. The van der Waals surface area contributed by atoms with Crippen molar-refractivity contribution in [2.45, 2.75) is 0 Å². The van der Waals surface area contributed by atoms with Crippen molar-refractivity contribution in [3.05, 3.63) is 57.4 Å². The molecule has 2 rings (SSSR count). The second-order valence-electron chi connectivity index (χ2n) is 3.66. The fourth-order valence-electron chi connectivity index (χ4n) is 1.40. The molecule has 1 aromatic carbocycles. The van der Waals surface area contributed by atoms with Crippen LogP contribution in [0.5, 0.6) is 11.5 Å². The SMILES string of the molecule is O=C(O)c1cc(Oc2ccc([N+](=O)[O-])cc2Cl)ccn1. The van der Waals surface area contributed by atoms with E-state index < -0.39 is 10.9 Å². The van der Waals surface area contributed by atoms with E-state index in [2.05, 4.69) is 4.98 Å². The zero-order valence-electron chi connectivity index (χ0n) is 9.82. The van der Waals surface area contributed by atoms with Crippen LogP contribution in [0.1, 0.15) is 10.5 Å². The average Bonchev–Trinajstić information content (AvgIpc) is 2.41. The molecule has 0 bridgehead atoms. The number of nitrogens with zero attached hydrogens (tertiary/aromatic N) is 2. The predicted molar refractivity (Wildman–Crippen MR) is 69.4 cm³/mol. The molecule has 0 aliphatic carbocycles. The largest absolute Gasteiger partial charge is 0.477 e. The molecule has 1 N–H and O–H groups in total. The molecule has 0 spiro atoms. The maximum atomic E-state index is 10.8. The molecule has 0 aliphatic rings. The number of halogens is 1. The fraction of sp³-hybridized carbons (Fsp3) is 0. The van der Waals surface area contributed by atoms with Gasteiger partial charge in [-0.2, -0.15) is 0 Å². The van der Waals surface area contributed by atoms with E-state index in [1.807, 2.05) is 0 Å². The molecule has 20 heavy (non-hydrogen) atoms. The quantitative estimate of drug-likeness (QED) is 0.686. The number of carboxylic acid groups (broad SMARTS) is 1. The van der Waals surface area contributed by atoms with Crippen LogP contribution in [0.25, 0.3) is 0 Å². The highest BCUT2D eigenvalue weighted by atomic mass is 35.5. The van der Waals surface area contributed by atoms with Crippen LogP contribution in [-0.4, -0.2) is 21.0 Å². The Balaban J connectivity index is 2.28. The zero-order valence-corrected chi connectivity index (χ0v) is 10.6. The smallest absolute Gasteiger partial charge is 0.354 e. The lowest BCUT2D eigenvalue weighted by Gasteiger charge is -2.07. The van der Waals surface area contributed by atoms with Gasteiger partial charge < -0.3 is 9.84 Å². The molecular weight excluding hydrogens is 288 g/mol. The van der Waals surface area contributed by atoms with E-state index in [4.69, 9.17) is 21.4 Å². The van der Waals surface area contributed by atoms with E-state index in [1.54, 1.807) is 0 Å². The maximum Gasteiger partial charge on any atom is 0.354 e. The van der Waals surface area contributed by atoms with Crippen molar-refractivity contribution in [3.8, 4) is 11.5 Å². The van der Waals surface area contributed by atoms with Crippen molar-refractivity contribution in [2.24, 2.45) is 0 Å². The van der Waals surface area contributed by atoms with E-state index >= 15 is 0 Å². The topological polar surface area (TPSA) is 103 Å². The number of nitro groups is 1. The monoisotopic (exact) mass is 294 g/mol. The van der Waals surface area contributed by atoms with Gasteiger partial charge in [0.25, 0.3) is 5.69 Å². The van der Waals surface area contributed by atoms with Crippen LogP contribution in [-0.2, 0) is 0 Å². The van der Waals surface area contributed by atoms with Crippen molar-refractivity contribution in [3.63, 3.8) is 0 Å². The van der Waals surface area contributed by atoms with Gasteiger partial charge >= 0.3 is 5.97 Å². The van der Waals surface area contributed by atoms with Gasteiger partial charge in [-0.3, -0.25) is 10.1 Å². The van der Waals surface area contributed by atoms with Crippen LogP contribution >= 0.6 is 11.6 Å². The number of aromatic nitrogens is 1. The lowest BCUT2D eigenvalue weighted by atomic mass is 10.3. The lowest BCUT2D eigenvalue weighted by molar-refractivity contribution is -0.384. The number of carbonyl (C=O) groups is 1. The molecule has 7 nitrogen and oxygen atoms in total. The molecule has 0 unspecified atom stereocenters. The van der Waals surface area contributed by atoms with Crippen LogP contribution in [0.4, 0.5) is 5.69 Å². The molecule has 0 saturated carbocycles. The van der Waals surface area contributed by atoms with E-state index in [1.165, 1.54) is 30.5 Å². The van der Waals surface area contributed by atoms with Crippen LogP contribution in [0.3, 0.4) is 0 Å². The summed E-state index contributed by atoms with van der Waals surface area (Å²) >= 11 is 5.86. The third kappa shape index (κ3) is 3.01. The number of non-ortho nitro benzene ring substituents is 1. The number of hydrogen-bond donors (Lipinski definition) is 1. The van der Waals surface area contributed by atoms with Crippen molar-refractivity contribution in [1.82, 2.24) is 4.98 Å². The Morgan fingerprint density at radius 3 is 2.70 bits per heavy atom. The molecule has 0 atom stereocenters. The molecule has 0 amide bonds. The highest BCUT2D eigenvalue weighted by molar-refractivity contribution is 6.32. The summed E-state index contributed by atoms with van der Waals surface area (Å²) in [6.45, 7) is 0. The Kier molecular flexibility index (Phi) is 3.81. The Morgan fingerprint density at radius 2 is 2.10 bits per heavy atom. The number of rotatable bonds is 4. The van der Waals surface area contributed by atoms with Gasteiger partial charge in [-0.15, -0.1) is 0 Å². The van der Waals surface area contributed by atoms with Gasteiger partial charge in [0.05, 0.1) is 9.95 Å². The van der Waals surface area contributed by atoms with Gasteiger partial charge in [-0.25, -0.2) is 9.78 Å². The minimum Gasteiger partial charge on any atom is -0.477 e. The first-order chi connectivity index (χ1) is 9.47. The van der Waals surface area contributed by atoms with Crippen LogP contribution < -0.4 is 4.74 Å². The molecule has 0 aliphatic heterocycles. The van der Waals surface area contributed by atoms with Gasteiger partial charge in [-0.05, 0) is 12.1 Å². The summed E-state index contributed by atoms with van der Waals surface area (Å²) in [6, 6.07) is 6.39. The number of carboxylic acids is 1. The van der Waals surface area contributed by atoms with Crippen molar-refractivity contribution in [1.29, 1.82) is 0 Å². The Hall–Kier alpha value is -2.67. The third-order valence-corrected chi connectivity index (χ3v) is 2.60. The lowest BCUT2D eigenvalue weighted by Crippen LogP contribution is -1.99. The van der Waals surface area contributed by atoms with E-state index in [9.17, 15) is 14.9 Å². The van der Waals surface area contributed by atoms with E-state index in [0.717, 1.165) is 6.07 Å². The summed E-state index contributed by atoms with van der Waals surface area (Å²) in [5.74, 6) is -0.793. The molecule has 1 aromatic heterocycles. The summed E-state index contributed by atoms with van der Waals surface area (Å²) in [7, 11) is 0. The normalized spacial score (nSPS) is 10.1. The number of pyridine rings is 1. The minimum atomic E-state index is -1.19. The molecular formula is C12H7ClN2O5. The highest BCUT2D eigenvalue weighted by Gasteiger charge is 2.12. The Morgan fingerprint density at radius 1 is 1.35 bits per heavy atom. The summed E-state index contributed by atoms with van der Waals surface area (Å²) in [6.07, 6.45) is 1.28. The van der Waals surface area contributed by atoms with Crippen LogP contribution in [0, 0.1) is 10.1 Å². The molecule has 0 radical (unpaired) electrons.